The average Bonchev–Trinajstić information content (AvgIpc) is 2.65. The molecule has 0 amide bonds. The van der Waals surface area contributed by atoms with Gasteiger partial charge in [0.1, 0.15) is 8.07 Å². The predicted octanol–water partition coefficient (Wildman–Crippen LogP) is 5.18. The lowest BCUT2D eigenvalue weighted by molar-refractivity contribution is 0.837. The summed E-state index contributed by atoms with van der Waals surface area (Å²) in [7, 11) is -2.58. The molecule has 0 unspecified atom stereocenters. The second-order valence-electron chi connectivity index (χ2n) is 7.81. The molecule has 0 radical (unpaired) electrons. The van der Waals surface area contributed by atoms with Gasteiger partial charge >= 0.3 is 0 Å². The molecular weight excluding hydrogens is 280 g/mol. The van der Waals surface area contributed by atoms with E-state index in [9.17, 15) is 0 Å². The maximum atomic E-state index is 2.49. The van der Waals surface area contributed by atoms with E-state index in [0.29, 0.717) is 0 Å². The standard InChI is InChI=1S/C16H32SSi2/c1-12(2)19(13(3)4,14(5)6)16-11-10-15(17-16)18(7,8)9/h10-14H,1-9H3. The Morgan fingerprint density at radius 3 is 1.37 bits per heavy atom. The summed E-state index contributed by atoms with van der Waals surface area (Å²) in [6.45, 7) is 22.1. The molecule has 3 heteroatoms. The van der Waals surface area contributed by atoms with Crippen LogP contribution in [0.25, 0.3) is 0 Å². The summed E-state index contributed by atoms with van der Waals surface area (Å²) >= 11 is 2.16. The monoisotopic (exact) mass is 312 g/mol. The van der Waals surface area contributed by atoms with Gasteiger partial charge in [-0.1, -0.05) is 73.3 Å². The molecule has 0 N–H and O–H groups in total. The summed E-state index contributed by atoms with van der Waals surface area (Å²) in [5.41, 5.74) is 2.46. The van der Waals surface area contributed by atoms with Gasteiger partial charge in [0.25, 0.3) is 0 Å². The van der Waals surface area contributed by atoms with Crippen LogP contribution in [0.5, 0.6) is 0 Å². The summed E-state index contributed by atoms with van der Waals surface area (Å²) in [6, 6.07) is 4.94. The Bertz CT molecular complexity index is 389. The molecule has 110 valence electrons. The van der Waals surface area contributed by atoms with Crippen LogP contribution in [-0.4, -0.2) is 16.1 Å². The first kappa shape index (κ1) is 17.2. The minimum Gasteiger partial charge on any atom is -0.155 e. The van der Waals surface area contributed by atoms with Crippen LogP contribution in [0.15, 0.2) is 12.1 Å². The Morgan fingerprint density at radius 1 is 0.737 bits per heavy atom. The lowest BCUT2D eigenvalue weighted by Gasteiger charge is -2.42. The van der Waals surface area contributed by atoms with Gasteiger partial charge in [0.05, 0.1) is 8.07 Å². The van der Waals surface area contributed by atoms with Crippen molar-refractivity contribution in [3.63, 3.8) is 0 Å². The number of hydrogen-bond acceptors (Lipinski definition) is 1. The van der Waals surface area contributed by atoms with Gasteiger partial charge in [0.15, 0.2) is 0 Å². The molecule has 1 rings (SSSR count). The molecule has 1 aromatic heterocycles. The fraction of sp³-hybridized carbons (Fsp3) is 0.750. The summed E-state index contributed by atoms with van der Waals surface area (Å²) in [4.78, 5) is 0. The predicted molar refractivity (Wildman–Crippen MR) is 98.0 cm³/mol. The second-order valence-corrected chi connectivity index (χ2v) is 20.5. The molecular formula is C16H32SSi2. The highest BCUT2D eigenvalue weighted by Crippen LogP contribution is 2.41. The van der Waals surface area contributed by atoms with E-state index >= 15 is 0 Å². The molecule has 0 aromatic carbocycles. The lowest BCUT2D eigenvalue weighted by atomic mass is 10.5. The van der Waals surface area contributed by atoms with Crippen LogP contribution < -0.4 is 9.00 Å². The SMILES string of the molecule is CC(C)[Si](c1ccc([Si](C)(C)C)s1)(C(C)C)C(C)C. The van der Waals surface area contributed by atoms with Gasteiger partial charge in [0, 0.05) is 0 Å². The lowest BCUT2D eigenvalue weighted by Crippen LogP contribution is -2.54. The molecule has 0 spiro atoms. The molecule has 0 aliphatic carbocycles. The fourth-order valence-electron chi connectivity index (χ4n) is 3.83. The third-order valence-corrected chi connectivity index (χ3v) is 17.3. The molecule has 0 atom stereocenters. The summed E-state index contributed by atoms with van der Waals surface area (Å²) < 4.78 is 3.44. The van der Waals surface area contributed by atoms with Crippen molar-refractivity contribution in [2.24, 2.45) is 0 Å². The second kappa shape index (κ2) is 5.86. The molecule has 0 fully saturated rings. The van der Waals surface area contributed by atoms with Crippen LogP contribution in [0.3, 0.4) is 0 Å². The van der Waals surface area contributed by atoms with Crippen molar-refractivity contribution in [3.8, 4) is 0 Å². The van der Waals surface area contributed by atoms with E-state index < -0.39 is 16.1 Å². The van der Waals surface area contributed by atoms with Crippen molar-refractivity contribution in [3.05, 3.63) is 12.1 Å². The highest BCUT2D eigenvalue weighted by Gasteiger charge is 2.45. The van der Waals surface area contributed by atoms with Gasteiger partial charge in [-0.05, 0) is 25.6 Å². The zero-order chi connectivity index (χ0) is 15.0. The highest BCUT2D eigenvalue weighted by atomic mass is 32.1. The molecule has 0 aliphatic heterocycles. The Morgan fingerprint density at radius 2 is 1.11 bits per heavy atom. The van der Waals surface area contributed by atoms with Crippen molar-refractivity contribution in [1.82, 2.24) is 0 Å². The molecule has 19 heavy (non-hydrogen) atoms. The van der Waals surface area contributed by atoms with E-state index in [4.69, 9.17) is 0 Å². The first-order valence-electron chi connectivity index (χ1n) is 7.65. The van der Waals surface area contributed by atoms with E-state index in [1.54, 1.807) is 9.00 Å². The van der Waals surface area contributed by atoms with E-state index in [1.165, 1.54) is 0 Å². The van der Waals surface area contributed by atoms with E-state index in [0.717, 1.165) is 16.6 Å². The van der Waals surface area contributed by atoms with Gasteiger partial charge in [-0.25, -0.2) is 0 Å². The first-order valence-corrected chi connectivity index (χ1v) is 14.2. The van der Waals surface area contributed by atoms with E-state index in [2.05, 4.69) is 84.7 Å². The Kier molecular flexibility index (Phi) is 5.30. The van der Waals surface area contributed by atoms with Crippen molar-refractivity contribution in [2.45, 2.75) is 77.8 Å². The van der Waals surface area contributed by atoms with Gasteiger partial charge < -0.3 is 0 Å². The van der Waals surface area contributed by atoms with Gasteiger partial charge in [-0.15, -0.1) is 0 Å². The number of rotatable bonds is 5. The van der Waals surface area contributed by atoms with Crippen molar-refractivity contribution in [1.29, 1.82) is 0 Å². The third kappa shape index (κ3) is 3.08. The maximum Gasteiger partial charge on any atom is 0.107 e. The maximum absolute atomic E-state index is 2.49. The summed E-state index contributed by atoms with van der Waals surface area (Å²) in [5.74, 6) is 0. The molecule has 0 aliphatic rings. The smallest absolute Gasteiger partial charge is 0.107 e. The topological polar surface area (TPSA) is 0 Å². The molecule has 0 saturated heterocycles. The normalized spacial score (nSPS) is 13.9. The van der Waals surface area contributed by atoms with Crippen LogP contribution in [0, 0.1) is 0 Å². The largest absolute Gasteiger partial charge is 0.155 e. The van der Waals surface area contributed by atoms with Crippen LogP contribution in [0.2, 0.25) is 36.3 Å². The van der Waals surface area contributed by atoms with E-state index in [-0.39, 0.29) is 0 Å². The molecule has 0 nitrogen and oxygen atoms in total. The zero-order valence-corrected chi connectivity index (χ0v) is 17.1. The van der Waals surface area contributed by atoms with Gasteiger partial charge in [0.2, 0.25) is 0 Å². The minimum absolute atomic E-state index is 0.820. The highest BCUT2D eigenvalue weighted by molar-refractivity contribution is 7.36. The number of hydrogen-bond donors (Lipinski definition) is 0. The van der Waals surface area contributed by atoms with Crippen molar-refractivity contribution >= 4 is 36.5 Å². The Balaban J connectivity index is 3.38. The van der Waals surface area contributed by atoms with E-state index in [1.807, 2.05) is 0 Å². The van der Waals surface area contributed by atoms with Crippen LogP contribution in [-0.2, 0) is 0 Å². The number of thiophene rings is 1. The first-order chi connectivity index (χ1) is 8.54. The third-order valence-electron chi connectivity index (χ3n) is 4.64. The van der Waals surface area contributed by atoms with Crippen LogP contribution in [0.4, 0.5) is 0 Å². The average molecular weight is 313 g/mol. The van der Waals surface area contributed by atoms with Gasteiger partial charge in [-0.2, -0.15) is 11.3 Å². The zero-order valence-electron chi connectivity index (χ0n) is 14.3. The molecule has 1 aromatic rings. The summed E-state index contributed by atoms with van der Waals surface area (Å²) in [5, 5.41) is 0. The van der Waals surface area contributed by atoms with Crippen molar-refractivity contribution < 1.29 is 0 Å². The quantitative estimate of drug-likeness (QED) is 0.657. The Hall–Kier alpha value is 0.134. The molecule has 1 heterocycles. The fourth-order valence-corrected chi connectivity index (χ4v) is 16.0. The van der Waals surface area contributed by atoms with Crippen molar-refractivity contribution in [2.75, 3.05) is 0 Å². The minimum atomic E-state index is -1.42. The molecule has 0 saturated carbocycles. The van der Waals surface area contributed by atoms with Crippen LogP contribution in [0.1, 0.15) is 41.5 Å². The summed E-state index contributed by atoms with van der Waals surface area (Å²) in [6.07, 6.45) is 0. The van der Waals surface area contributed by atoms with Gasteiger partial charge in [-0.3, -0.25) is 0 Å². The Labute approximate surface area is 126 Å². The molecule has 0 bridgehead atoms. The van der Waals surface area contributed by atoms with Crippen LogP contribution >= 0.6 is 11.3 Å².